The number of hydrogen-bond donors (Lipinski definition) is 2. The standard InChI is InChI=1S/C25H25FN2O3S/c1-3-31-20-10-5-4-9-19(20)27-24(30)22-18-12-11-15(2)13-21(18)32-25(22)28-23(29)16-7-6-8-17(26)14-16/h4-10,14-15H,3,11-13H2,1-2H3,(H,27,30)(H,28,29)/t15-/m0/s1. The van der Waals surface area contributed by atoms with Gasteiger partial charge in [-0.15, -0.1) is 11.3 Å². The lowest BCUT2D eigenvalue weighted by Crippen LogP contribution is -2.20. The normalized spacial score (nSPS) is 15.0. The Labute approximate surface area is 190 Å². The molecule has 2 aromatic carbocycles. The molecule has 7 heteroatoms. The molecular formula is C25H25FN2O3S. The van der Waals surface area contributed by atoms with Crippen LogP contribution in [0.15, 0.2) is 48.5 Å². The van der Waals surface area contributed by atoms with E-state index in [0.29, 0.717) is 34.5 Å². The molecule has 32 heavy (non-hydrogen) atoms. The summed E-state index contributed by atoms with van der Waals surface area (Å²) in [5.74, 6) is -0.116. The molecule has 0 radical (unpaired) electrons. The third-order valence-electron chi connectivity index (χ3n) is 5.49. The van der Waals surface area contributed by atoms with E-state index in [1.165, 1.54) is 29.5 Å². The minimum atomic E-state index is -0.484. The number of anilines is 2. The predicted molar refractivity (Wildman–Crippen MR) is 125 cm³/mol. The molecule has 1 heterocycles. The van der Waals surface area contributed by atoms with E-state index < -0.39 is 11.7 Å². The maximum atomic E-state index is 13.6. The second kappa shape index (κ2) is 9.53. The van der Waals surface area contributed by atoms with E-state index in [9.17, 15) is 14.0 Å². The summed E-state index contributed by atoms with van der Waals surface area (Å²) in [6, 6.07) is 12.8. The Bertz CT molecular complexity index is 1160. The molecule has 5 nitrogen and oxygen atoms in total. The number of thiophene rings is 1. The Balaban J connectivity index is 1.67. The Morgan fingerprint density at radius 1 is 1.12 bits per heavy atom. The van der Waals surface area contributed by atoms with Crippen molar-refractivity contribution in [2.24, 2.45) is 5.92 Å². The number of fused-ring (bicyclic) bond motifs is 1. The molecule has 0 saturated heterocycles. The SMILES string of the molecule is CCOc1ccccc1NC(=O)c1c(NC(=O)c2cccc(F)c2)sc2c1CC[C@H](C)C2. The number of para-hydroxylation sites is 2. The fraction of sp³-hybridized carbons (Fsp3) is 0.280. The second-order valence-electron chi connectivity index (χ2n) is 7.90. The molecule has 0 fully saturated rings. The number of carbonyl (C=O) groups is 2. The summed E-state index contributed by atoms with van der Waals surface area (Å²) in [5.41, 5.74) is 2.24. The van der Waals surface area contributed by atoms with Gasteiger partial charge in [-0.2, -0.15) is 0 Å². The fourth-order valence-electron chi connectivity index (χ4n) is 3.92. The molecule has 0 bridgehead atoms. The van der Waals surface area contributed by atoms with E-state index in [2.05, 4.69) is 17.6 Å². The van der Waals surface area contributed by atoms with Gasteiger partial charge in [-0.05, 0) is 68.0 Å². The summed E-state index contributed by atoms with van der Waals surface area (Å²) in [6.45, 7) is 4.55. The van der Waals surface area contributed by atoms with Gasteiger partial charge in [-0.25, -0.2) is 4.39 Å². The first-order valence-corrected chi connectivity index (χ1v) is 11.5. The smallest absolute Gasteiger partial charge is 0.259 e. The summed E-state index contributed by atoms with van der Waals surface area (Å²) >= 11 is 1.43. The fourth-order valence-corrected chi connectivity index (χ4v) is 5.32. The zero-order chi connectivity index (χ0) is 22.7. The van der Waals surface area contributed by atoms with Crippen molar-refractivity contribution in [3.05, 3.63) is 75.9 Å². The minimum Gasteiger partial charge on any atom is -0.492 e. The summed E-state index contributed by atoms with van der Waals surface area (Å²) in [4.78, 5) is 27.3. The van der Waals surface area contributed by atoms with Crippen molar-refractivity contribution >= 4 is 33.8 Å². The first-order chi connectivity index (χ1) is 15.5. The molecule has 0 unspecified atom stereocenters. The zero-order valence-corrected chi connectivity index (χ0v) is 18.9. The van der Waals surface area contributed by atoms with Crippen molar-refractivity contribution < 1.29 is 18.7 Å². The van der Waals surface area contributed by atoms with E-state index in [1.807, 2.05) is 19.1 Å². The van der Waals surface area contributed by atoms with E-state index >= 15 is 0 Å². The molecule has 3 aromatic rings. The van der Waals surface area contributed by atoms with Crippen molar-refractivity contribution in [1.82, 2.24) is 0 Å². The largest absolute Gasteiger partial charge is 0.492 e. The van der Waals surface area contributed by atoms with Crippen LogP contribution in [0, 0.1) is 11.7 Å². The number of amides is 2. The number of halogens is 1. The maximum absolute atomic E-state index is 13.6. The summed E-state index contributed by atoms with van der Waals surface area (Å²) in [7, 11) is 0. The molecular weight excluding hydrogens is 427 g/mol. The van der Waals surface area contributed by atoms with Crippen LogP contribution in [0.4, 0.5) is 15.1 Å². The van der Waals surface area contributed by atoms with E-state index in [4.69, 9.17) is 4.74 Å². The highest BCUT2D eigenvalue weighted by molar-refractivity contribution is 7.17. The lowest BCUT2D eigenvalue weighted by molar-refractivity contribution is 0.102. The van der Waals surface area contributed by atoms with Gasteiger partial charge >= 0.3 is 0 Å². The summed E-state index contributed by atoms with van der Waals surface area (Å²) in [6.07, 6.45) is 2.63. The van der Waals surface area contributed by atoms with Gasteiger partial charge < -0.3 is 15.4 Å². The van der Waals surface area contributed by atoms with E-state index in [0.717, 1.165) is 29.7 Å². The van der Waals surface area contributed by atoms with Crippen molar-refractivity contribution in [3.63, 3.8) is 0 Å². The average molecular weight is 453 g/mol. The van der Waals surface area contributed by atoms with Crippen LogP contribution >= 0.6 is 11.3 Å². The molecule has 166 valence electrons. The number of benzene rings is 2. The second-order valence-corrected chi connectivity index (χ2v) is 9.01. The Hall–Kier alpha value is -3.19. The van der Waals surface area contributed by atoms with Crippen LogP contribution in [0.5, 0.6) is 5.75 Å². The van der Waals surface area contributed by atoms with Crippen LogP contribution in [0.2, 0.25) is 0 Å². The Kier molecular flexibility index (Phi) is 6.55. The average Bonchev–Trinajstić information content (AvgIpc) is 3.12. The molecule has 1 aliphatic rings. The van der Waals surface area contributed by atoms with E-state index in [-0.39, 0.29) is 11.5 Å². The Morgan fingerprint density at radius 2 is 1.94 bits per heavy atom. The summed E-state index contributed by atoms with van der Waals surface area (Å²) in [5, 5.41) is 6.30. The van der Waals surface area contributed by atoms with Crippen LogP contribution in [0.25, 0.3) is 0 Å². The van der Waals surface area contributed by atoms with Crippen molar-refractivity contribution in [1.29, 1.82) is 0 Å². The van der Waals surface area contributed by atoms with Gasteiger partial charge in [0, 0.05) is 10.4 Å². The number of hydrogen-bond acceptors (Lipinski definition) is 4. The highest BCUT2D eigenvalue weighted by Crippen LogP contribution is 2.40. The number of ether oxygens (including phenoxy) is 1. The first kappa shape index (κ1) is 22.0. The zero-order valence-electron chi connectivity index (χ0n) is 18.0. The lowest BCUT2D eigenvalue weighted by Gasteiger charge is -2.19. The van der Waals surface area contributed by atoms with Crippen molar-refractivity contribution in [2.45, 2.75) is 33.1 Å². The molecule has 0 aliphatic heterocycles. The van der Waals surface area contributed by atoms with Crippen molar-refractivity contribution in [2.75, 3.05) is 17.2 Å². The van der Waals surface area contributed by atoms with Gasteiger partial charge in [0.2, 0.25) is 0 Å². The maximum Gasteiger partial charge on any atom is 0.259 e. The highest BCUT2D eigenvalue weighted by atomic mass is 32.1. The van der Waals surface area contributed by atoms with Crippen LogP contribution in [-0.4, -0.2) is 18.4 Å². The molecule has 2 amide bonds. The first-order valence-electron chi connectivity index (χ1n) is 10.7. The quantitative estimate of drug-likeness (QED) is 0.488. The van der Waals surface area contributed by atoms with Gasteiger partial charge in [0.1, 0.15) is 16.6 Å². The van der Waals surface area contributed by atoms with Gasteiger partial charge in [0.15, 0.2) is 0 Å². The number of nitrogens with one attached hydrogen (secondary N) is 2. The van der Waals surface area contributed by atoms with Gasteiger partial charge in [-0.3, -0.25) is 9.59 Å². The topological polar surface area (TPSA) is 67.4 Å². The van der Waals surface area contributed by atoms with Gasteiger partial charge in [-0.1, -0.05) is 25.1 Å². The molecule has 2 N–H and O–H groups in total. The Morgan fingerprint density at radius 3 is 2.72 bits per heavy atom. The van der Waals surface area contributed by atoms with Crippen LogP contribution in [0.3, 0.4) is 0 Å². The molecule has 1 aliphatic carbocycles. The van der Waals surface area contributed by atoms with Gasteiger partial charge in [0.25, 0.3) is 11.8 Å². The monoisotopic (exact) mass is 452 g/mol. The summed E-state index contributed by atoms with van der Waals surface area (Å²) < 4.78 is 19.2. The van der Waals surface area contributed by atoms with E-state index in [1.54, 1.807) is 18.2 Å². The molecule has 0 spiro atoms. The van der Waals surface area contributed by atoms with Gasteiger partial charge in [0.05, 0.1) is 17.9 Å². The molecule has 1 aromatic heterocycles. The molecule has 1 atom stereocenters. The third-order valence-corrected chi connectivity index (χ3v) is 6.66. The third kappa shape index (κ3) is 4.67. The molecule has 0 saturated carbocycles. The van der Waals surface area contributed by atoms with Crippen molar-refractivity contribution in [3.8, 4) is 5.75 Å². The van der Waals surface area contributed by atoms with Crippen LogP contribution in [-0.2, 0) is 12.8 Å². The van der Waals surface area contributed by atoms with Crippen LogP contribution in [0.1, 0.15) is 51.4 Å². The minimum absolute atomic E-state index is 0.206. The number of carbonyl (C=O) groups excluding carboxylic acids is 2. The molecule has 4 rings (SSSR count). The predicted octanol–water partition coefficient (Wildman–Crippen LogP) is 5.92. The van der Waals surface area contributed by atoms with Crippen LogP contribution < -0.4 is 15.4 Å². The number of rotatable bonds is 6. The highest BCUT2D eigenvalue weighted by Gasteiger charge is 2.29. The lowest BCUT2D eigenvalue weighted by atomic mass is 9.88.